The number of anilines is 1. The van der Waals surface area contributed by atoms with E-state index in [0.29, 0.717) is 18.7 Å². The summed E-state index contributed by atoms with van der Waals surface area (Å²) in [5, 5.41) is 12.2. The lowest BCUT2D eigenvalue weighted by atomic mass is 10.1. The second-order valence-electron chi connectivity index (χ2n) is 3.32. The molecule has 1 aromatic rings. The van der Waals surface area contributed by atoms with E-state index in [2.05, 4.69) is 15.3 Å². The summed E-state index contributed by atoms with van der Waals surface area (Å²) in [6.07, 6.45) is 1.91. The number of rotatable bonds is 5. The normalized spacial score (nSPS) is 12.2. The molecular weight excluding hydrogens is 242 g/mol. The Bertz CT molecular complexity index is 462. The minimum atomic E-state index is -1.33. The second kappa shape index (κ2) is 5.72. The Morgan fingerprint density at radius 3 is 2.47 bits per heavy atom. The van der Waals surface area contributed by atoms with Crippen molar-refractivity contribution in [2.45, 2.75) is 25.4 Å². The first-order valence-electron chi connectivity index (χ1n) is 5.22. The van der Waals surface area contributed by atoms with Crippen molar-refractivity contribution in [3.8, 4) is 0 Å². The predicted octanol–water partition coefficient (Wildman–Crippen LogP) is 0.906. The monoisotopic (exact) mass is 257 g/mol. The molecule has 0 aliphatic rings. The molecule has 0 aromatic carbocycles. The molecule has 17 heavy (non-hydrogen) atoms. The van der Waals surface area contributed by atoms with Crippen molar-refractivity contribution in [2.75, 3.05) is 18.1 Å². The summed E-state index contributed by atoms with van der Waals surface area (Å²) in [5.74, 6) is -0.844. The number of carboxylic acid groups (broad SMARTS) is 1. The van der Waals surface area contributed by atoms with Crippen LogP contribution in [0.3, 0.4) is 0 Å². The van der Waals surface area contributed by atoms with Gasteiger partial charge in [0.2, 0.25) is 5.16 Å². The summed E-state index contributed by atoms with van der Waals surface area (Å²) in [6, 6.07) is 0. The molecule has 6 nitrogen and oxygen atoms in total. The van der Waals surface area contributed by atoms with Gasteiger partial charge in [-0.05, 0) is 13.3 Å². The molecule has 1 atom stereocenters. The molecule has 94 valence electrons. The molecule has 0 bridgehead atoms. The lowest BCUT2D eigenvalue weighted by Gasteiger charge is -2.11. The molecule has 0 saturated heterocycles. The Morgan fingerprint density at radius 1 is 1.41 bits per heavy atom. The highest BCUT2D eigenvalue weighted by Gasteiger charge is 2.20. The van der Waals surface area contributed by atoms with Crippen LogP contribution in [0.2, 0.25) is 0 Å². The largest absolute Gasteiger partial charge is 0.477 e. The van der Waals surface area contributed by atoms with E-state index in [9.17, 15) is 9.00 Å². The third kappa shape index (κ3) is 3.00. The van der Waals surface area contributed by atoms with E-state index in [1.165, 1.54) is 6.26 Å². The molecule has 0 saturated carbocycles. The van der Waals surface area contributed by atoms with E-state index in [-0.39, 0.29) is 16.5 Å². The van der Waals surface area contributed by atoms with Gasteiger partial charge in [0, 0.05) is 12.8 Å². The van der Waals surface area contributed by atoms with Gasteiger partial charge < -0.3 is 10.4 Å². The number of carbonyl (C=O) groups is 1. The molecule has 0 radical (unpaired) electrons. The Labute approximate surface area is 102 Å². The highest BCUT2D eigenvalue weighted by atomic mass is 32.2. The fraction of sp³-hybridized carbons (Fsp3) is 0.500. The van der Waals surface area contributed by atoms with E-state index >= 15 is 0 Å². The number of hydrogen-bond donors (Lipinski definition) is 2. The summed E-state index contributed by atoms with van der Waals surface area (Å²) >= 11 is 0. The van der Waals surface area contributed by atoms with Crippen molar-refractivity contribution >= 4 is 22.6 Å². The van der Waals surface area contributed by atoms with Gasteiger partial charge in [-0.25, -0.2) is 14.8 Å². The number of hydrogen-bond acceptors (Lipinski definition) is 5. The topological polar surface area (TPSA) is 92.2 Å². The second-order valence-corrected chi connectivity index (χ2v) is 4.59. The van der Waals surface area contributed by atoms with E-state index in [1.54, 1.807) is 6.92 Å². The third-order valence-corrected chi connectivity index (χ3v) is 2.81. The van der Waals surface area contributed by atoms with Crippen molar-refractivity contribution in [3.63, 3.8) is 0 Å². The minimum Gasteiger partial charge on any atom is -0.477 e. The maximum atomic E-state index is 11.4. The van der Waals surface area contributed by atoms with Gasteiger partial charge in [-0.15, -0.1) is 0 Å². The first-order chi connectivity index (χ1) is 8.01. The van der Waals surface area contributed by atoms with Gasteiger partial charge in [0.15, 0.2) is 0 Å². The molecule has 0 aliphatic carbocycles. The molecule has 1 heterocycles. The van der Waals surface area contributed by atoms with Crippen LogP contribution < -0.4 is 5.32 Å². The summed E-state index contributed by atoms with van der Waals surface area (Å²) in [7, 11) is -1.33. The van der Waals surface area contributed by atoms with E-state index < -0.39 is 16.8 Å². The van der Waals surface area contributed by atoms with Crippen LogP contribution in [-0.2, 0) is 17.2 Å². The molecular formula is C10H15N3O3S. The zero-order valence-corrected chi connectivity index (χ0v) is 10.8. The first-order valence-corrected chi connectivity index (χ1v) is 6.78. The van der Waals surface area contributed by atoms with Gasteiger partial charge >= 0.3 is 5.97 Å². The van der Waals surface area contributed by atoms with Crippen LogP contribution in [-0.4, -0.2) is 38.1 Å². The fourth-order valence-corrected chi connectivity index (χ4v) is 1.85. The molecule has 0 fully saturated rings. The van der Waals surface area contributed by atoms with Crippen LogP contribution in [0, 0.1) is 0 Å². The number of aromatic nitrogens is 2. The molecule has 7 heteroatoms. The number of nitrogens with one attached hydrogen (secondary N) is 1. The van der Waals surface area contributed by atoms with Crippen LogP contribution in [0.25, 0.3) is 0 Å². The third-order valence-electron chi connectivity index (χ3n) is 2.11. The first kappa shape index (κ1) is 13.6. The van der Waals surface area contributed by atoms with Gasteiger partial charge in [0.1, 0.15) is 11.4 Å². The quantitative estimate of drug-likeness (QED) is 0.762. The average Bonchev–Trinajstić information content (AvgIpc) is 2.27. The fourth-order valence-electron chi connectivity index (χ4n) is 1.39. The van der Waals surface area contributed by atoms with Crippen molar-refractivity contribution in [2.24, 2.45) is 0 Å². The molecule has 0 spiro atoms. The Hall–Kier alpha value is -1.50. The van der Waals surface area contributed by atoms with Crippen LogP contribution in [0.5, 0.6) is 0 Å². The van der Waals surface area contributed by atoms with Crippen molar-refractivity contribution in [1.29, 1.82) is 0 Å². The Kier molecular flexibility index (Phi) is 4.56. The zero-order chi connectivity index (χ0) is 13.0. The molecule has 1 unspecified atom stereocenters. The van der Waals surface area contributed by atoms with E-state index in [4.69, 9.17) is 5.11 Å². The summed E-state index contributed by atoms with van der Waals surface area (Å²) in [6.45, 7) is 4.17. The summed E-state index contributed by atoms with van der Waals surface area (Å²) in [4.78, 5) is 19.2. The lowest BCUT2D eigenvalue weighted by molar-refractivity contribution is 0.0695. The molecule has 0 amide bonds. The summed E-state index contributed by atoms with van der Waals surface area (Å²) < 4.78 is 11.4. The van der Waals surface area contributed by atoms with Crippen LogP contribution >= 0.6 is 0 Å². The molecule has 2 N–H and O–H groups in total. The average molecular weight is 257 g/mol. The standard InChI is InChI=1S/C10H15N3O3S/c1-4-6-7(9(14)15)8(11-5-2)13-10(12-6)17(3)16/h4-5H2,1-3H3,(H,14,15)(H,11,12,13). The SMILES string of the molecule is CCNc1nc(S(C)=O)nc(CC)c1C(=O)O. The highest BCUT2D eigenvalue weighted by molar-refractivity contribution is 7.84. The predicted molar refractivity (Wildman–Crippen MR) is 64.9 cm³/mol. The van der Waals surface area contributed by atoms with Crippen LogP contribution in [0.1, 0.15) is 29.9 Å². The van der Waals surface area contributed by atoms with Crippen LogP contribution in [0.4, 0.5) is 5.82 Å². The summed E-state index contributed by atoms with van der Waals surface area (Å²) in [5.41, 5.74) is 0.456. The molecule has 0 aliphatic heterocycles. The minimum absolute atomic E-state index is 0.0588. The van der Waals surface area contributed by atoms with Gasteiger partial charge in [-0.2, -0.15) is 0 Å². The number of aromatic carboxylic acids is 1. The van der Waals surface area contributed by atoms with E-state index in [0.717, 1.165) is 0 Å². The number of nitrogens with zero attached hydrogens (tertiary/aromatic N) is 2. The molecule has 1 aromatic heterocycles. The van der Waals surface area contributed by atoms with E-state index in [1.807, 2.05) is 6.92 Å². The number of carboxylic acids is 1. The maximum Gasteiger partial charge on any atom is 0.341 e. The van der Waals surface area contributed by atoms with Gasteiger partial charge in [-0.3, -0.25) is 4.21 Å². The molecule has 1 rings (SSSR count). The number of aryl methyl sites for hydroxylation is 1. The maximum absolute atomic E-state index is 11.4. The van der Waals surface area contributed by atoms with Crippen molar-refractivity contribution < 1.29 is 14.1 Å². The van der Waals surface area contributed by atoms with Crippen LogP contribution in [0.15, 0.2) is 5.16 Å². The highest BCUT2D eigenvalue weighted by Crippen LogP contribution is 2.18. The Morgan fingerprint density at radius 2 is 2.06 bits per heavy atom. The zero-order valence-electron chi connectivity index (χ0n) is 9.98. The lowest BCUT2D eigenvalue weighted by Crippen LogP contribution is -2.15. The van der Waals surface area contributed by atoms with Gasteiger partial charge in [-0.1, -0.05) is 6.92 Å². The van der Waals surface area contributed by atoms with Crippen molar-refractivity contribution in [1.82, 2.24) is 9.97 Å². The van der Waals surface area contributed by atoms with Gasteiger partial charge in [0.05, 0.1) is 16.5 Å². The van der Waals surface area contributed by atoms with Crippen molar-refractivity contribution in [3.05, 3.63) is 11.3 Å². The van der Waals surface area contributed by atoms with Gasteiger partial charge in [0.25, 0.3) is 0 Å². The smallest absolute Gasteiger partial charge is 0.341 e. The Balaban J connectivity index is 3.45.